The van der Waals surface area contributed by atoms with Gasteiger partial charge in [0.1, 0.15) is 18.3 Å². The number of fused-ring (bicyclic) bond motifs is 1. The third kappa shape index (κ3) is 5.94. The van der Waals surface area contributed by atoms with Gasteiger partial charge in [-0.15, -0.1) is 0 Å². The Morgan fingerprint density at radius 1 is 0.969 bits per heavy atom. The predicted molar refractivity (Wildman–Crippen MR) is 118 cm³/mol. The van der Waals surface area contributed by atoms with Crippen molar-refractivity contribution in [2.45, 2.75) is 61.7 Å². The number of benzene rings is 2. The van der Waals surface area contributed by atoms with E-state index in [0.29, 0.717) is 13.0 Å². The van der Waals surface area contributed by atoms with Crippen LogP contribution in [0, 0.1) is 6.92 Å². The fourth-order valence-electron chi connectivity index (χ4n) is 4.01. The number of rotatable bonds is 8. The highest BCUT2D eigenvalue weighted by molar-refractivity contribution is 7.89. The second kappa shape index (κ2) is 9.20. The maximum atomic E-state index is 12.9. The van der Waals surface area contributed by atoms with Gasteiger partial charge in [-0.2, -0.15) is 8.42 Å². The number of hydrogen-bond acceptors (Lipinski definition) is 7. The lowest BCUT2D eigenvalue weighted by Crippen LogP contribution is -2.41. The fourth-order valence-corrected chi connectivity index (χ4v) is 5.91. The molecule has 1 N–H and O–H groups in total. The maximum absolute atomic E-state index is 12.9. The molecule has 2 aromatic carbocycles. The van der Waals surface area contributed by atoms with Crippen LogP contribution in [0.15, 0.2) is 59.5 Å². The molecule has 4 rings (SSSR count). The Hall–Kier alpha value is -1.82. The average molecular weight is 482 g/mol. The van der Waals surface area contributed by atoms with Crippen LogP contribution in [0.4, 0.5) is 0 Å². The molecule has 0 amide bonds. The molecule has 32 heavy (non-hydrogen) atoms. The molecule has 0 unspecified atom stereocenters. The lowest BCUT2D eigenvalue weighted by molar-refractivity contribution is -0.00311. The van der Waals surface area contributed by atoms with Gasteiger partial charge in [0.05, 0.1) is 29.9 Å². The van der Waals surface area contributed by atoms with Crippen molar-refractivity contribution in [3.05, 3.63) is 65.7 Å². The van der Waals surface area contributed by atoms with Crippen molar-refractivity contribution in [2.75, 3.05) is 6.26 Å². The Bertz CT molecular complexity index is 1130. The van der Waals surface area contributed by atoms with Crippen LogP contribution in [-0.4, -0.2) is 53.5 Å². The summed E-state index contributed by atoms with van der Waals surface area (Å²) in [5, 5.41) is 0. The fraction of sp³-hybridized carbons (Fsp3) is 0.455. The van der Waals surface area contributed by atoms with E-state index in [0.717, 1.165) is 17.4 Å². The molecule has 5 atom stereocenters. The van der Waals surface area contributed by atoms with Crippen molar-refractivity contribution in [1.29, 1.82) is 0 Å². The van der Waals surface area contributed by atoms with E-state index >= 15 is 0 Å². The van der Waals surface area contributed by atoms with Gasteiger partial charge in [-0.1, -0.05) is 48.0 Å². The van der Waals surface area contributed by atoms with Gasteiger partial charge in [0.2, 0.25) is 10.0 Å². The number of nitrogens with one attached hydrogen (secondary N) is 1. The SMILES string of the molecule is Cc1ccc(S(=O)(=O)N[C@@H]2C[C@H](OCc3ccccc3)C[C@@H](OS(C)(=O)=O)[C@@H]3O[C@@H]32)cc1. The van der Waals surface area contributed by atoms with Crippen LogP contribution in [0.5, 0.6) is 0 Å². The molecule has 2 aliphatic rings. The van der Waals surface area contributed by atoms with Crippen LogP contribution >= 0.6 is 0 Å². The van der Waals surface area contributed by atoms with Gasteiger partial charge in [0.25, 0.3) is 10.1 Å². The van der Waals surface area contributed by atoms with Crippen molar-refractivity contribution in [3.8, 4) is 0 Å². The zero-order valence-corrected chi connectivity index (χ0v) is 19.5. The Labute approximate surface area is 189 Å². The van der Waals surface area contributed by atoms with Gasteiger partial charge >= 0.3 is 0 Å². The van der Waals surface area contributed by atoms with Crippen LogP contribution in [0.3, 0.4) is 0 Å². The molecule has 1 heterocycles. The first-order chi connectivity index (χ1) is 15.1. The first-order valence-corrected chi connectivity index (χ1v) is 13.7. The van der Waals surface area contributed by atoms with Gasteiger partial charge in [-0.3, -0.25) is 4.18 Å². The van der Waals surface area contributed by atoms with E-state index in [-0.39, 0.29) is 11.3 Å². The van der Waals surface area contributed by atoms with Gasteiger partial charge in [0, 0.05) is 6.42 Å². The number of aryl methyl sites for hydroxylation is 1. The van der Waals surface area contributed by atoms with Crippen molar-refractivity contribution in [3.63, 3.8) is 0 Å². The molecule has 0 radical (unpaired) electrons. The van der Waals surface area contributed by atoms with Crippen LogP contribution in [0.1, 0.15) is 24.0 Å². The average Bonchev–Trinajstić information content (AvgIpc) is 3.52. The van der Waals surface area contributed by atoms with E-state index in [2.05, 4.69) is 4.72 Å². The number of ether oxygens (including phenoxy) is 2. The van der Waals surface area contributed by atoms with Crippen molar-refractivity contribution in [1.82, 2.24) is 4.72 Å². The summed E-state index contributed by atoms with van der Waals surface area (Å²) in [6.07, 6.45) is -0.527. The van der Waals surface area contributed by atoms with Crippen molar-refractivity contribution < 1.29 is 30.5 Å². The largest absolute Gasteiger partial charge is 0.373 e. The molecule has 2 aromatic rings. The third-order valence-electron chi connectivity index (χ3n) is 5.60. The van der Waals surface area contributed by atoms with E-state index in [1.807, 2.05) is 37.3 Å². The van der Waals surface area contributed by atoms with Gasteiger partial charge < -0.3 is 9.47 Å². The Morgan fingerprint density at radius 2 is 1.66 bits per heavy atom. The summed E-state index contributed by atoms with van der Waals surface area (Å²) >= 11 is 0. The van der Waals surface area contributed by atoms with Crippen molar-refractivity contribution in [2.24, 2.45) is 0 Å². The van der Waals surface area contributed by atoms with Crippen molar-refractivity contribution >= 4 is 20.1 Å². The molecule has 2 fully saturated rings. The first-order valence-electron chi connectivity index (χ1n) is 10.4. The molecule has 0 bridgehead atoms. The summed E-state index contributed by atoms with van der Waals surface area (Å²) in [7, 11) is -7.50. The lowest BCUT2D eigenvalue weighted by atomic mass is 10.1. The highest BCUT2D eigenvalue weighted by Gasteiger charge is 2.55. The summed E-state index contributed by atoms with van der Waals surface area (Å²) in [5.41, 5.74) is 1.93. The van der Waals surface area contributed by atoms with Gasteiger partial charge in [-0.25, -0.2) is 13.1 Å². The summed E-state index contributed by atoms with van der Waals surface area (Å²) in [6, 6.07) is 15.6. The topological polar surface area (TPSA) is 111 Å². The number of hydrogen-bond donors (Lipinski definition) is 1. The highest BCUT2D eigenvalue weighted by Crippen LogP contribution is 2.39. The molecule has 1 aliphatic heterocycles. The van der Waals surface area contributed by atoms with E-state index in [1.54, 1.807) is 24.3 Å². The van der Waals surface area contributed by atoms with Gasteiger partial charge in [0.15, 0.2) is 0 Å². The van der Waals surface area contributed by atoms with E-state index in [4.69, 9.17) is 13.7 Å². The zero-order chi connectivity index (χ0) is 22.9. The predicted octanol–water partition coefficient (Wildman–Crippen LogP) is 2.13. The second-order valence-electron chi connectivity index (χ2n) is 8.33. The minimum Gasteiger partial charge on any atom is -0.373 e. The molecule has 0 aromatic heterocycles. The minimum atomic E-state index is -3.79. The maximum Gasteiger partial charge on any atom is 0.264 e. The monoisotopic (exact) mass is 481 g/mol. The quantitative estimate of drug-likeness (QED) is 0.454. The van der Waals surface area contributed by atoms with E-state index in [1.165, 1.54) is 0 Å². The Kier molecular flexibility index (Phi) is 6.71. The molecule has 1 saturated carbocycles. The normalized spacial score (nSPS) is 28.0. The highest BCUT2D eigenvalue weighted by atomic mass is 32.2. The molecule has 1 aliphatic carbocycles. The summed E-state index contributed by atoms with van der Waals surface area (Å²) < 4.78 is 69.1. The zero-order valence-electron chi connectivity index (χ0n) is 17.9. The molecule has 0 spiro atoms. The number of sulfonamides is 1. The summed E-state index contributed by atoms with van der Waals surface area (Å²) in [5.74, 6) is 0. The molecule has 10 heteroatoms. The molecule has 8 nitrogen and oxygen atoms in total. The molecule has 174 valence electrons. The van der Waals surface area contributed by atoms with E-state index in [9.17, 15) is 16.8 Å². The van der Waals surface area contributed by atoms with Crippen LogP contribution in [0.25, 0.3) is 0 Å². The van der Waals surface area contributed by atoms with Gasteiger partial charge in [-0.05, 0) is 31.0 Å². The van der Waals surface area contributed by atoms with Crippen LogP contribution in [-0.2, 0) is 40.4 Å². The standard InChI is InChI=1S/C22H27NO7S2/c1-15-8-10-18(11-9-15)32(26,27)23-19-12-17(28-14-16-6-4-3-5-7-16)13-20(22-21(19)29-22)30-31(2,24)25/h3-11,17,19-23H,12-14H2,1-2H3/t17-,19+,20+,21+,22-/m0/s1. The molecular formula is C22H27NO7S2. The second-order valence-corrected chi connectivity index (χ2v) is 11.6. The Balaban J connectivity index is 1.52. The molecule has 1 saturated heterocycles. The smallest absolute Gasteiger partial charge is 0.264 e. The number of epoxide rings is 1. The third-order valence-corrected chi connectivity index (χ3v) is 7.70. The van der Waals surface area contributed by atoms with Crippen LogP contribution < -0.4 is 4.72 Å². The van der Waals surface area contributed by atoms with Crippen LogP contribution in [0.2, 0.25) is 0 Å². The first kappa shape index (κ1) is 23.3. The van der Waals surface area contributed by atoms with E-state index < -0.39 is 50.6 Å². The minimum absolute atomic E-state index is 0.162. The summed E-state index contributed by atoms with van der Waals surface area (Å²) in [6.45, 7) is 2.21. The Morgan fingerprint density at radius 3 is 2.31 bits per heavy atom. The molecular weight excluding hydrogens is 454 g/mol. The lowest BCUT2D eigenvalue weighted by Gasteiger charge is -2.24. The summed E-state index contributed by atoms with van der Waals surface area (Å²) in [4.78, 5) is 0.162.